The molecule has 0 saturated carbocycles. The molecule has 3 rings (SSSR count). The zero-order valence-electron chi connectivity index (χ0n) is 15.0. The van der Waals surface area contributed by atoms with E-state index >= 15 is 0 Å². The normalized spacial score (nSPS) is 16.1. The number of carboxylic acids is 1. The van der Waals surface area contributed by atoms with Crippen LogP contribution >= 0.6 is 0 Å². The minimum atomic E-state index is -1.19. The highest BCUT2D eigenvalue weighted by molar-refractivity contribution is 5.92. The Balaban J connectivity index is 1.83. The molecule has 1 aromatic carbocycles. The molecule has 8 nitrogen and oxygen atoms in total. The van der Waals surface area contributed by atoms with E-state index in [-0.39, 0.29) is 23.4 Å². The molecule has 0 spiro atoms. The van der Waals surface area contributed by atoms with Gasteiger partial charge in [-0.3, -0.25) is 4.79 Å². The van der Waals surface area contributed by atoms with Gasteiger partial charge in [0.15, 0.2) is 5.69 Å². The molecule has 1 saturated heterocycles. The number of nitrogens with zero attached hydrogens (tertiary/aromatic N) is 3. The van der Waals surface area contributed by atoms with Crippen molar-refractivity contribution in [1.82, 2.24) is 14.9 Å². The summed E-state index contributed by atoms with van der Waals surface area (Å²) in [6, 6.07) is 7.48. The lowest BCUT2D eigenvalue weighted by atomic mass is 10.1. The molecule has 27 heavy (non-hydrogen) atoms. The molecule has 1 aliphatic heterocycles. The first kappa shape index (κ1) is 18.8. The number of hydrogen-bond donors (Lipinski definition) is 1. The molecule has 0 aliphatic carbocycles. The molecule has 1 aromatic heterocycles. The molecular formula is C19H21N3O5. The summed E-state index contributed by atoms with van der Waals surface area (Å²) in [6.07, 6.45) is 4.10. The lowest BCUT2D eigenvalue weighted by molar-refractivity contribution is 0.0500. The van der Waals surface area contributed by atoms with Gasteiger partial charge in [-0.15, -0.1) is 0 Å². The van der Waals surface area contributed by atoms with Crippen LogP contribution in [0, 0.1) is 0 Å². The number of aromatic carboxylic acids is 1. The predicted octanol–water partition coefficient (Wildman–Crippen LogP) is 2.00. The number of amides is 1. The van der Waals surface area contributed by atoms with Crippen LogP contribution < -0.4 is 4.74 Å². The van der Waals surface area contributed by atoms with Crippen molar-refractivity contribution < 1.29 is 24.2 Å². The van der Waals surface area contributed by atoms with Crippen molar-refractivity contribution in [2.24, 2.45) is 0 Å². The second kappa shape index (κ2) is 8.59. The quantitative estimate of drug-likeness (QED) is 0.794. The monoisotopic (exact) mass is 371 g/mol. The van der Waals surface area contributed by atoms with E-state index in [1.807, 2.05) is 24.3 Å². The summed E-state index contributed by atoms with van der Waals surface area (Å²) in [4.78, 5) is 33.3. The fourth-order valence-electron chi connectivity index (χ4n) is 3.00. The molecule has 1 fully saturated rings. The van der Waals surface area contributed by atoms with E-state index in [2.05, 4.69) is 9.97 Å². The Bertz CT molecular complexity index is 803. The van der Waals surface area contributed by atoms with E-state index in [0.717, 1.165) is 24.6 Å². The minimum absolute atomic E-state index is 0.0325. The average molecular weight is 371 g/mol. The summed E-state index contributed by atoms with van der Waals surface area (Å²) >= 11 is 0. The van der Waals surface area contributed by atoms with Gasteiger partial charge in [-0.05, 0) is 18.9 Å². The van der Waals surface area contributed by atoms with Gasteiger partial charge in [0, 0.05) is 25.3 Å². The van der Waals surface area contributed by atoms with Crippen LogP contribution in [-0.2, 0) is 11.3 Å². The van der Waals surface area contributed by atoms with E-state index in [1.54, 1.807) is 12.0 Å². The van der Waals surface area contributed by atoms with Crippen LogP contribution in [0.1, 0.15) is 39.4 Å². The maximum Gasteiger partial charge on any atom is 0.356 e. The van der Waals surface area contributed by atoms with Crippen LogP contribution in [0.3, 0.4) is 0 Å². The molecule has 142 valence electrons. The maximum absolute atomic E-state index is 13.0. The second-order valence-corrected chi connectivity index (χ2v) is 6.22. The SMILES string of the molecule is COc1ccccc1CN(CC1CCCO1)C(=O)c1cnc(C(=O)O)cn1. The predicted molar refractivity (Wildman–Crippen MR) is 95.7 cm³/mol. The van der Waals surface area contributed by atoms with Crippen molar-refractivity contribution >= 4 is 11.9 Å². The number of carbonyl (C=O) groups excluding carboxylic acids is 1. The van der Waals surface area contributed by atoms with Crippen LogP contribution in [0.4, 0.5) is 0 Å². The number of carboxylic acid groups (broad SMARTS) is 1. The first-order valence-electron chi connectivity index (χ1n) is 8.66. The number of methoxy groups -OCH3 is 1. The summed E-state index contributed by atoms with van der Waals surface area (Å²) in [5.74, 6) is -0.831. The smallest absolute Gasteiger partial charge is 0.356 e. The van der Waals surface area contributed by atoms with Crippen LogP contribution in [-0.4, -0.2) is 58.2 Å². The van der Waals surface area contributed by atoms with Gasteiger partial charge in [0.1, 0.15) is 11.4 Å². The zero-order valence-corrected chi connectivity index (χ0v) is 15.0. The van der Waals surface area contributed by atoms with Crippen LogP contribution in [0.5, 0.6) is 5.75 Å². The molecule has 2 heterocycles. The van der Waals surface area contributed by atoms with Gasteiger partial charge in [-0.25, -0.2) is 14.8 Å². The Hall–Kier alpha value is -3.00. The summed E-state index contributed by atoms with van der Waals surface area (Å²) in [6.45, 7) is 1.43. The number of hydrogen-bond acceptors (Lipinski definition) is 6. The Morgan fingerprint density at radius 1 is 1.26 bits per heavy atom. The molecule has 1 N–H and O–H groups in total. The largest absolute Gasteiger partial charge is 0.496 e. The molecule has 0 bridgehead atoms. The van der Waals surface area contributed by atoms with Crippen molar-refractivity contribution in [3.05, 3.63) is 53.6 Å². The number of carbonyl (C=O) groups is 2. The Labute approximate surface area is 156 Å². The molecule has 8 heteroatoms. The van der Waals surface area contributed by atoms with E-state index in [4.69, 9.17) is 14.6 Å². The van der Waals surface area contributed by atoms with Crippen molar-refractivity contribution in [3.8, 4) is 5.75 Å². The number of benzene rings is 1. The third-order valence-electron chi connectivity index (χ3n) is 4.38. The van der Waals surface area contributed by atoms with Gasteiger partial charge >= 0.3 is 5.97 Å². The molecule has 2 aromatic rings. The number of ether oxygens (including phenoxy) is 2. The van der Waals surface area contributed by atoms with Gasteiger partial charge in [0.2, 0.25) is 0 Å². The second-order valence-electron chi connectivity index (χ2n) is 6.22. The van der Waals surface area contributed by atoms with Gasteiger partial charge in [0.25, 0.3) is 5.91 Å². The van der Waals surface area contributed by atoms with Crippen molar-refractivity contribution in [1.29, 1.82) is 0 Å². The third kappa shape index (κ3) is 4.59. The van der Waals surface area contributed by atoms with Crippen LogP contribution in [0.25, 0.3) is 0 Å². The highest BCUT2D eigenvalue weighted by Crippen LogP contribution is 2.22. The molecule has 1 aliphatic rings. The summed E-state index contributed by atoms with van der Waals surface area (Å²) < 4.78 is 11.1. The van der Waals surface area contributed by atoms with E-state index in [9.17, 15) is 9.59 Å². The fraction of sp³-hybridized carbons (Fsp3) is 0.368. The van der Waals surface area contributed by atoms with Crippen LogP contribution in [0.2, 0.25) is 0 Å². The van der Waals surface area contributed by atoms with Crippen LogP contribution in [0.15, 0.2) is 36.7 Å². The first-order valence-corrected chi connectivity index (χ1v) is 8.66. The zero-order chi connectivity index (χ0) is 19.2. The standard InChI is InChI=1S/C19H21N3O5/c1-26-17-7-3-2-5-13(17)11-22(12-14-6-4-8-27-14)18(23)15-9-21-16(10-20-15)19(24)25/h2-3,5,7,9-10,14H,4,6,8,11-12H2,1H3,(H,24,25). The van der Waals surface area contributed by atoms with Gasteiger partial charge in [-0.1, -0.05) is 18.2 Å². The lowest BCUT2D eigenvalue weighted by Gasteiger charge is -2.26. The van der Waals surface area contributed by atoms with E-state index in [0.29, 0.717) is 25.4 Å². The topological polar surface area (TPSA) is 102 Å². The van der Waals surface area contributed by atoms with E-state index < -0.39 is 5.97 Å². The fourth-order valence-corrected chi connectivity index (χ4v) is 3.00. The summed E-state index contributed by atoms with van der Waals surface area (Å²) in [5, 5.41) is 8.94. The Kier molecular flexibility index (Phi) is 5.97. The van der Waals surface area contributed by atoms with Crippen molar-refractivity contribution in [2.45, 2.75) is 25.5 Å². The van der Waals surface area contributed by atoms with Crippen molar-refractivity contribution in [3.63, 3.8) is 0 Å². The highest BCUT2D eigenvalue weighted by Gasteiger charge is 2.25. The maximum atomic E-state index is 13.0. The molecule has 1 atom stereocenters. The average Bonchev–Trinajstić information content (AvgIpc) is 3.20. The highest BCUT2D eigenvalue weighted by atomic mass is 16.5. The molecule has 1 unspecified atom stereocenters. The number of aromatic nitrogens is 2. The molecule has 0 radical (unpaired) electrons. The van der Waals surface area contributed by atoms with Gasteiger partial charge in [-0.2, -0.15) is 0 Å². The molecular weight excluding hydrogens is 350 g/mol. The summed E-state index contributed by atoms with van der Waals surface area (Å²) in [7, 11) is 1.58. The number of rotatable bonds is 7. The van der Waals surface area contributed by atoms with E-state index in [1.165, 1.54) is 6.20 Å². The summed E-state index contributed by atoms with van der Waals surface area (Å²) in [5.41, 5.74) is 0.747. The molecule has 1 amide bonds. The van der Waals surface area contributed by atoms with Crippen molar-refractivity contribution in [2.75, 3.05) is 20.3 Å². The Morgan fingerprint density at radius 2 is 2.00 bits per heavy atom. The lowest BCUT2D eigenvalue weighted by Crippen LogP contribution is -2.37. The third-order valence-corrected chi connectivity index (χ3v) is 4.38. The first-order chi connectivity index (χ1) is 13.1. The number of para-hydroxylation sites is 1. The minimum Gasteiger partial charge on any atom is -0.496 e. The Morgan fingerprint density at radius 3 is 2.63 bits per heavy atom. The van der Waals surface area contributed by atoms with Gasteiger partial charge < -0.3 is 19.5 Å². The van der Waals surface area contributed by atoms with Gasteiger partial charge in [0.05, 0.1) is 25.6 Å².